The minimum Gasteiger partial charge on any atom is -0.0998 e. The molecule has 0 amide bonds. The molecule has 1 atom stereocenters. The van der Waals surface area contributed by atoms with Gasteiger partial charge in [0.25, 0.3) is 0 Å². The molecule has 1 heteroatoms. The van der Waals surface area contributed by atoms with Crippen molar-refractivity contribution in [1.29, 1.82) is 0 Å². The van der Waals surface area contributed by atoms with E-state index < -0.39 is 0 Å². The number of hydrogen-bond acceptors (Lipinski definition) is 1. The van der Waals surface area contributed by atoms with Gasteiger partial charge in [-0.2, -0.15) is 0 Å². The van der Waals surface area contributed by atoms with Crippen LogP contribution in [0.15, 0.2) is 12.2 Å². The lowest BCUT2D eigenvalue weighted by atomic mass is 9.94. The van der Waals surface area contributed by atoms with E-state index in [9.17, 15) is 0 Å². The summed E-state index contributed by atoms with van der Waals surface area (Å²) < 4.78 is 0. The summed E-state index contributed by atoms with van der Waals surface area (Å²) in [5.74, 6) is 0.552. The fraction of sp³-hybridized carbons (Fsp3) is 0.800. The van der Waals surface area contributed by atoms with Gasteiger partial charge in [-0.25, -0.2) is 0 Å². The van der Waals surface area contributed by atoms with E-state index in [2.05, 4.69) is 27.4 Å². The molecule has 94 valence electrons. The first kappa shape index (κ1) is 15.8. The summed E-state index contributed by atoms with van der Waals surface area (Å²) in [6, 6.07) is 0. The van der Waals surface area contributed by atoms with Gasteiger partial charge in [0.2, 0.25) is 0 Å². The molecular formula is C15H28S. The maximum Gasteiger partial charge on any atom is -0.00402 e. The molecule has 0 rings (SSSR count). The average Bonchev–Trinajstić information content (AvgIpc) is 2.24. The number of hydrogen-bond donors (Lipinski definition) is 0. The summed E-state index contributed by atoms with van der Waals surface area (Å²) in [5.41, 5.74) is 1.37. The lowest BCUT2D eigenvalue weighted by molar-refractivity contribution is 0.662. The van der Waals surface area contributed by atoms with E-state index in [1.54, 1.807) is 0 Å². The van der Waals surface area contributed by atoms with Crippen LogP contribution in [0.2, 0.25) is 0 Å². The Morgan fingerprint density at radius 2 is 1.75 bits per heavy atom. The van der Waals surface area contributed by atoms with E-state index >= 15 is 0 Å². The number of unbranched alkanes of at least 4 members (excludes halogenated alkanes) is 3. The molecule has 0 aromatic heterocycles. The molecular weight excluding hydrogens is 212 g/mol. The summed E-state index contributed by atoms with van der Waals surface area (Å²) in [7, 11) is 0. The standard InChI is InChI=1S/C15H28S/c1-5-7-8-9-11-15(16)14(4)12-13(3)10-6-2/h14H,3,5-12H2,1-2,4H3. The van der Waals surface area contributed by atoms with Gasteiger partial charge in [0.15, 0.2) is 0 Å². The third-order valence-electron chi connectivity index (χ3n) is 3.02. The summed E-state index contributed by atoms with van der Waals surface area (Å²) in [5, 5.41) is 0. The maximum absolute atomic E-state index is 5.49. The molecule has 0 fully saturated rings. The van der Waals surface area contributed by atoms with Gasteiger partial charge in [0.05, 0.1) is 0 Å². The van der Waals surface area contributed by atoms with Crippen molar-refractivity contribution in [3.05, 3.63) is 12.2 Å². The highest BCUT2D eigenvalue weighted by Gasteiger charge is 2.09. The Bertz CT molecular complexity index is 205. The average molecular weight is 240 g/mol. The molecule has 0 spiro atoms. The highest BCUT2D eigenvalue weighted by Crippen LogP contribution is 2.18. The van der Waals surface area contributed by atoms with E-state index in [4.69, 9.17) is 12.2 Å². The predicted molar refractivity (Wildman–Crippen MR) is 79.2 cm³/mol. The topological polar surface area (TPSA) is 0 Å². The second kappa shape index (κ2) is 10.0. The largest absolute Gasteiger partial charge is 0.0998 e. The summed E-state index contributed by atoms with van der Waals surface area (Å²) in [4.78, 5) is 1.26. The molecule has 0 nitrogen and oxygen atoms in total. The van der Waals surface area contributed by atoms with Crippen molar-refractivity contribution in [3.63, 3.8) is 0 Å². The van der Waals surface area contributed by atoms with Crippen LogP contribution in [0.25, 0.3) is 0 Å². The molecule has 0 saturated heterocycles. The molecule has 0 aliphatic heterocycles. The van der Waals surface area contributed by atoms with Gasteiger partial charge in [-0.05, 0) is 36.5 Å². The zero-order chi connectivity index (χ0) is 12.4. The summed E-state index contributed by atoms with van der Waals surface area (Å²) >= 11 is 5.49. The maximum atomic E-state index is 5.49. The predicted octanol–water partition coefficient (Wildman–Crippen LogP) is 5.71. The Labute approximate surface area is 108 Å². The van der Waals surface area contributed by atoms with Crippen LogP contribution in [-0.2, 0) is 0 Å². The molecule has 0 N–H and O–H groups in total. The third-order valence-corrected chi connectivity index (χ3v) is 3.63. The van der Waals surface area contributed by atoms with Gasteiger partial charge < -0.3 is 0 Å². The van der Waals surface area contributed by atoms with E-state index in [0.717, 1.165) is 19.3 Å². The molecule has 16 heavy (non-hydrogen) atoms. The van der Waals surface area contributed by atoms with Gasteiger partial charge in [0.1, 0.15) is 0 Å². The second-order valence-electron chi connectivity index (χ2n) is 4.88. The molecule has 0 bridgehead atoms. The first-order chi connectivity index (χ1) is 7.61. The highest BCUT2D eigenvalue weighted by molar-refractivity contribution is 7.80. The van der Waals surface area contributed by atoms with Crippen LogP contribution < -0.4 is 0 Å². The SMILES string of the molecule is C=C(CCC)CC(C)C(=S)CCCCCC. The Balaban J connectivity index is 3.68. The number of allylic oxidation sites excluding steroid dienone is 1. The Morgan fingerprint density at radius 1 is 1.06 bits per heavy atom. The molecule has 0 aromatic rings. The first-order valence-corrected chi connectivity index (χ1v) is 7.22. The fourth-order valence-corrected chi connectivity index (χ4v) is 2.20. The van der Waals surface area contributed by atoms with Gasteiger partial charge in [-0.1, -0.05) is 70.8 Å². The van der Waals surface area contributed by atoms with Gasteiger partial charge in [-0.15, -0.1) is 0 Å². The summed E-state index contributed by atoms with van der Waals surface area (Å²) in [6.07, 6.45) is 9.85. The highest BCUT2D eigenvalue weighted by atomic mass is 32.1. The molecule has 0 aliphatic carbocycles. The first-order valence-electron chi connectivity index (χ1n) is 6.81. The van der Waals surface area contributed by atoms with Gasteiger partial charge >= 0.3 is 0 Å². The van der Waals surface area contributed by atoms with Crippen molar-refractivity contribution in [3.8, 4) is 0 Å². The van der Waals surface area contributed by atoms with Crippen LogP contribution in [-0.4, -0.2) is 4.86 Å². The molecule has 1 unspecified atom stereocenters. The van der Waals surface area contributed by atoms with Crippen LogP contribution in [0.4, 0.5) is 0 Å². The van der Waals surface area contributed by atoms with Crippen molar-refractivity contribution in [1.82, 2.24) is 0 Å². The quantitative estimate of drug-likeness (QED) is 0.268. The zero-order valence-electron chi connectivity index (χ0n) is 11.3. The molecule has 0 aromatic carbocycles. The Hall–Kier alpha value is -0.170. The fourth-order valence-electron chi connectivity index (χ4n) is 1.97. The van der Waals surface area contributed by atoms with Crippen molar-refractivity contribution in [2.75, 3.05) is 0 Å². The van der Waals surface area contributed by atoms with Crippen molar-refractivity contribution in [2.24, 2.45) is 5.92 Å². The number of thiocarbonyl (C=S) groups is 1. The van der Waals surface area contributed by atoms with Crippen LogP contribution in [0.3, 0.4) is 0 Å². The monoisotopic (exact) mass is 240 g/mol. The van der Waals surface area contributed by atoms with Crippen LogP contribution >= 0.6 is 12.2 Å². The minimum absolute atomic E-state index is 0.552. The lowest BCUT2D eigenvalue weighted by Gasteiger charge is -2.14. The molecule has 0 saturated carbocycles. The third kappa shape index (κ3) is 8.04. The Kier molecular flexibility index (Phi) is 9.91. The normalized spacial score (nSPS) is 12.4. The van der Waals surface area contributed by atoms with Crippen molar-refractivity contribution >= 4 is 17.1 Å². The minimum atomic E-state index is 0.552. The van der Waals surface area contributed by atoms with E-state index in [1.807, 2.05) is 0 Å². The van der Waals surface area contributed by atoms with Crippen LogP contribution in [0.5, 0.6) is 0 Å². The van der Waals surface area contributed by atoms with Crippen LogP contribution in [0.1, 0.15) is 72.1 Å². The smallest absolute Gasteiger partial charge is 0.00402 e. The van der Waals surface area contributed by atoms with E-state index in [1.165, 1.54) is 42.5 Å². The molecule has 0 aliphatic rings. The zero-order valence-corrected chi connectivity index (χ0v) is 12.2. The van der Waals surface area contributed by atoms with Crippen molar-refractivity contribution in [2.45, 2.75) is 72.1 Å². The van der Waals surface area contributed by atoms with Crippen LogP contribution in [0, 0.1) is 5.92 Å². The molecule has 0 heterocycles. The number of rotatable bonds is 10. The summed E-state index contributed by atoms with van der Waals surface area (Å²) in [6.45, 7) is 10.8. The Morgan fingerprint density at radius 3 is 2.31 bits per heavy atom. The van der Waals surface area contributed by atoms with Crippen molar-refractivity contribution < 1.29 is 0 Å². The van der Waals surface area contributed by atoms with Gasteiger partial charge in [0, 0.05) is 0 Å². The van der Waals surface area contributed by atoms with E-state index in [0.29, 0.717) is 5.92 Å². The lowest BCUT2D eigenvalue weighted by Crippen LogP contribution is -2.09. The second-order valence-corrected chi connectivity index (χ2v) is 5.41. The van der Waals surface area contributed by atoms with Gasteiger partial charge in [-0.3, -0.25) is 0 Å². The van der Waals surface area contributed by atoms with E-state index in [-0.39, 0.29) is 0 Å². The molecule has 0 radical (unpaired) electrons.